The van der Waals surface area contributed by atoms with Gasteiger partial charge in [-0.1, -0.05) is 111 Å². The molecule has 2 aliphatic rings. The summed E-state index contributed by atoms with van der Waals surface area (Å²) < 4.78 is 5.66. The van der Waals surface area contributed by atoms with Crippen LogP contribution in [0.4, 0.5) is 0 Å². The van der Waals surface area contributed by atoms with Crippen LogP contribution in [0.25, 0.3) is 27.5 Å². The van der Waals surface area contributed by atoms with Gasteiger partial charge in [0.2, 0.25) is 5.43 Å². The molecule has 1 aliphatic carbocycles. The second-order valence-corrected chi connectivity index (χ2v) is 16.4. The normalized spacial score (nSPS) is 13.8. The fourth-order valence-electron chi connectivity index (χ4n) is 8.06. The summed E-state index contributed by atoms with van der Waals surface area (Å²) in [5, 5.41) is 44.1. The van der Waals surface area contributed by atoms with E-state index in [0.29, 0.717) is 54.7 Å². The Morgan fingerprint density at radius 1 is 0.629 bits per heavy atom. The van der Waals surface area contributed by atoms with Crippen molar-refractivity contribution in [1.82, 2.24) is 4.90 Å². The number of imide groups is 1. The number of nitrogens with zero attached hydrogens (tertiary/aromatic N) is 1. The second kappa shape index (κ2) is 22.3. The molecule has 7 aromatic rings. The number of aliphatic carboxylic acids is 3. The Bertz CT molecular complexity index is 3240. The van der Waals surface area contributed by atoms with Crippen LogP contribution in [-0.2, 0) is 20.8 Å². The van der Waals surface area contributed by atoms with Gasteiger partial charge in [-0.2, -0.15) is 0 Å². The van der Waals surface area contributed by atoms with Gasteiger partial charge in [-0.3, -0.25) is 24.1 Å². The van der Waals surface area contributed by atoms with Crippen LogP contribution in [-0.4, -0.2) is 52.9 Å². The molecule has 6 aromatic carbocycles. The highest BCUT2D eigenvalue weighted by atomic mass is 16.4. The highest BCUT2D eigenvalue weighted by Crippen LogP contribution is 2.35. The van der Waals surface area contributed by atoms with E-state index >= 15 is 0 Å². The Morgan fingerprint density at radius 3 is 1.80 bits per heavy atom. The minimum absolute atomic E-state index is 0.118. The van der Waals surface area contributed by atoms with Crippen molar-refractivity contribution in [3.05, 3.63) is 205 Å². The van der Waals surface area contributed by atoms with Gasteiger partial charge >= 0.3 is 0 Å². The Morgan fingerprint density at radius 2 is 1.20 bits per heavy atom. The molecule has 14 nitrogen and oxygen atoms in total. The molecule has 356 valence electrons. The Balaban J connectivity index is 0.000000154. The molecule has 0 radical (unpaired) electrons. The van der Waals surface area contributed by atoms with E-state index in [1.165, 1.54) is 30.2 Å². The number of aryl methyl sites for hydroxylation is 1. The maximum Gasteiger partial charge on any atom is 0.261 e. The fourth-order valence-corrected chi connectivity index (χ4v) is 8.06. The van der Waals surface area contributed by atoms with Crippen molar-refractivity contribution in [2.45, 2.75) is 58.8 Å². The topological polar surface area (TPSA) is 245 Å². The summed E-state index contributed by atoms with van der Waals surface area (Å²) >= 11 is 0. The lowest BCUT2D eigenvalue weighted by Gasteiger charge is -2.24. The van der Waals surface area contributed by atoms with Crippen molar-refractivity contribution in [2.24, 2.45) is 0 Å². The largest absolute Gasteiger partial charge is 0.550 e. The molecule has 2 amide bonds. The van der Waals surface area contributed by atoms with Crippen molar-refractivity contribution >= 4 is 69.0 Å². The third-order valence-corrected chi connectivity index (χ3v) is 12.0. The third kappa shape index (κ3) is 11.3. The minimum Gasteiger partial charge on any atom is -0.550 e. The standard InChI is InChI=1S/C16H12O4.C16H14O3.C14H16O2.C10H7NO4/c1-9(16(18)19)10-6-7-14-12(8-10)15(17)11-4-2-3-5-13(11)20-14;1-11(16(18)19)13-8-5-9-14(10-13)15(17)12-6-3-2-4-7-12;1-3-10-5-4-6-11-9(2)7-8-12(13(10)11)14(15)16;12-8(13)5-11-9(14)6-3-1-2-4-7(6)10(11)15/h2-9H,1H3,(H,18,19);2-11H,1H3,(H,18,19);3,7-8H,4-6H2,1-2H3,(H,15,16);1-4H,5H2,(H,12,13)/p-4/b;;10-3+;. The summed E-state index contributed by atoms with van der Waals surface area (Å²) in [4.78, 5) is 91.6. The van der Waals surface area contributed by atoms with Crippen molar-refractivity contribution in [3.63, 3.8) is 0 Å². The van der Waals surface area contributed by atoms with Gasteiger partial charge < -0.3 is 44.0 Å². The average Bonchev–Trinajstić information content (AvgIpc) is 3.60. The van der Waals surface area contributed by atoms with Crippen LogP contribution in [0.2, 0.25) is 0 Å². The quantitative estimate of drug-likeness (QED) is 0.108. The van der Waals surface area contributed by atoms with E-state index in [-0.39, 0.29) is 22.3 Å². The molecular weight excluding hydrogens is 895 g/mol. The molecule has 0 fully saturated rings. The number of allylic oxidation sites excluding steroid dienone is 2. The monoisotopic (exact) mass is 939 g/mol. The van der Waals surface area contributed by atoms with Crippen LogP contribution in [0, 0.1) is 6.92 Å². The Labute approximate surface area is 401 Å². The first kappa shape index (κ1) is 50.6. The number of carboxylic acid groups (broad SMARTS) is 4. The molecule has 2 heterocycles. The van der Waals surface area contributed by atoms with E-state index < -0.39 is 54.1 Å². The summed E-state index contributed by atoms with van der Waals surface area (Å²) in [6.45, 7) is 6.37. The van der Waals surface area contributed by atoms with Gasteiger partial charge in [0, 0.05) is 40.5 Å². The summed E-state index contributed by atoms with van der Waals surface area (Å²) in [5.74, 6) is -7.64. The lowest BCUT2D eigenvalue weighted by Crippen LogP contribution is -2.41. The number of aromatic carboxylic acids is 1. The first-order valence-corrected chi connectivity index (χ1v) is 22.1. The van der Waals surface area contributed by atoms with E-state index in [2.05, 4.69) is 0 Å². The smallest absolute Gasteiger partial charge is 0.261 e. The highest BCUT2D eigenvalue weighted by molar-refractivity contribution is 6.22. The van der Waals surface area contributed by atoms with Gasteiger partial charge in [-0.25, -0.2) is 0 Å². The lowest BCUT2D eigenvalue weighted by atomic mass is 9.82. The van der Waals surface area contributed by atoms with E-state index in [0.717, 1.165) is 30.4 Å². The minimum atomic E-state index is -1.45. The maximum atomic E-state index is 12.4. The molecule has 0 saturated heterocycles. The van der Waals surface area contributed by atoms with E-state index in [1.54, 1.807) is 116 Å². The Kier molecular flexibility index (Phi) is 16.2. The molecule has 14 heteroatoms. The molecule has 1 aliphatic heterocycles. The summed E-state index contributed by atoms with van der Waals surface area (Å²) in [5.41, 5.74) is 8.21. The molecule has 2 unspecified atom stereocenters. The number of ketones is 1. The molecule has 0 bridgehead atoms. The molecule has 0 saturated carbocycles. The average molecular weight is 940 g/mol. The zero-order valence-corrected chi connectivity index (χ0v) is 38.5. The van der Waals surface area contributed by atoms with Crippen molar-refractivity contribution in [1.29, 1.82) is 0 Å². The van der Waals surface area contributed by atoms with Crippen LogP contribution in [0.3, 0.4) is 0 Å². The molecular formula is C56H45NO13-4. The number of hydrogen-bond acceptors (Lipinski definition) is 13. The number of carbonyl (C=O) groups excluding carboxylic acids is 7. The van der Waals surface area contributed by atoms with E-state index in [4.69, 9.17) is 4.42 Å². The highest BCUT2D eigenvalue weighted by Gasteiger charge is 2.34. The predicted molar refractivity (Wildman–Crippen MR) is 252 cm³/mol. The zero-order valence-electron chi connectivity index (χ0n) is 38.5. The number of carboxylic acids is 4. The molecule has 9 rings (SSSR count). The van der Waals surface area contributed by atoms with E-state index in [1.807, 2.05) is 32.1 Å². The van der Waals surface area contributed by atoms with Crippen molar-refractivity contribution in [3.8, 4) is 0 Å². The maximum absolute atomic E-state index is 12.4. The number of fused-ring (bicyclic) bond motifs is 4. The van der Waals surface area contributed by atoms with Gasteiger partial charge in [0.25, 0.3) is 11.8 Å². The van der Waals surface area contributed by atoms with Crippen LogP contribution in [0.1, 0.15) is 120 Å². The van der Waals surface area contributed by atoms with Crippen LogP contribution >= 0.6 is 0 Å². The second-order valence-electron chi connectivity index (χ2n) is 16.4. The Hall–Kier alpha value is -8.78. The molecule has 0 N–H and O–H groups in total. The van der Waals surface area contributed by atoms with Gasteiger partial charge in [0.1, 0.15) is 11.2 Å². The van der Waals surface area contributed by atoms with Gasteiger partial charge in [-0.05, 0) is 109 Å². The number of carbonyl (C=O) groups is 7. The number of para-hydroxylation sites is 1. The first-order chi connectivity index (χ1) is 33.4. The van der Waals surface area contributed by atoms with Crippen LogP contribution in [0.5, 0.6) is 0 Å². The molecule has 0 spiro atoms. The summed E-state index contributed by atoms with van der Waals surface area (Å²) in [6, 6.07) is 37.1. The predicted octanol–water partition coefficient (Wildman–Crippen LogP) is 4.70. The summed E-state index contributed by atoms with van der Waals surface area (Å²) in [7, 11) is 0. The van der Waals surface area contributed by atoms with E-state index in [9.17, 15) is 58.8 Å². The SMILES string of the molecule is C/C=C1\CCCc2c(C)ccc(C(=O)[O-])c21.CC(C(=O)[O-])c1ccc2oc3ccccc3c(=O)c2c1.CC(C(=O)[O-])c1cccc(C(=O)c2ccccc2)c1.O=C([O-])CN1C(=O)c2ccccc2C1=O. The van der Waals surface area contributed by atoms with Crippen molar-refractivity contribution < 1.29 is 58.4 Å². The van der Waals surface area contributed by atoms with Gasteiger partial charge in [0.15, 0.2) is 5.78 Å². The number of amides is 2. The lowest BCUT2D eigenvalue weighted by molar-refractivity contribution is -0.308. The molecule has 1 aromatic heterocycles. The molecule has 2 atom stereocenters. The fraction of sp³-hybridized carbons (Fsp3) is 0.179. The van der Waals surface area contributed by atoms with Crippen molar-refractivity contribution in [2.75, 3.05) is 6.54 Å². The zero-order chi connectivity index (χ0) is 50.8. The first-order valence-electron chi connectivity index (χ1n) is 22.1. The summed E-state index contributed by atoms with van der Waals surface area (Å²) in [6.07, 6.45) is 5.06. The van der Waals surface area contributed by atoms with Gasteiger partial charge in [-0.15, -0.1) is 0 Å². The number of rotatable bonds is 9. The third-order valence-electron chi connectivity index (χ3n) is 12.0. The number of benzene rings is 6. The molecule has 70 heavy (non-hydrogen) atoms. The number of hydrogen-bond donors (Lipinski definition) is 0. The van der Waals surface area contributed by atoms with Crippen LogP contribution < -0.4 is 25.9 Å². The van der Waals surface area contributed by atoms with Gasteiger partial charge in [0.05, 0.1) is 40.4 Å². The van der Waals surface area contributed by atoms with Crippen LogP contribution in [0.15, 0.2) is 149 Å².